The monoisotopic (exact) mass is 270 g/mol. The maximum absolute atomic E-state index is 5.90. The van der Waals surface area contributed by atoms with Gasteiger partial charge in [0.05, 0.1) is 6.10 Å². The Morgan fingerprint density at radius 2 is 2.00 bits per heavy atom. The van der Waals surface area contributed by atoms with Gasteiger partial charge in [0.2, 0.25) is 0 Å². The van der Waals surface area contributed by atoms with E-state index in [2.05, 4.69) is 10.6 Å². The van der Waals surface area contributed by atoms with Gasteiger partial charge >= 0.3 is 0 Å². The lowest BCUT2D eigenvalue weighted by Crippen LogP contribution is -2.33. The van der Waals surface area contributed by atoms with Gasteiger partial charge in [0, 0.05) is 26.9 Å². The summed E-state index contributed by atoms with van der Waals surface area (Å²) in [5.41, 5.74) is 0.561. The SMILES string of the molecule is COCCC1(CNCCCOC2CCNCC2)CC1. The van der Waals surface area contributed by atoms with Gasteiger partial charge in [-0.2, -0.15) is 0 Å². The van der Waals surface area contributed by atoms with Crippen LogP contribution in [0, 0.1) is 5.41 Å². The summed E-state index contributed by atoms with van der Waals surface area (Å²) in [7, 11) is 1.79. The molecule has 0 amide bonds. The zero-order valence-corrected chi connectivity index (χ0v) is 12.4. The third kappa shape index (κ3) is 5.78. The van der Waals surface area contributed by atoms with Gasteiger partial charge in [0.15, 0.2) is 0 Å². The van der Waals surface area contributed by atoms with Gasteiger partial charge in [0.25, 0.3) is 0 Å². The predicted molar refractivity (Wildman–Crippen MR) is 77.5 cm³/mol. The molecule has 0 radical (unpaired) electrons. The Balaban J connectivity index is 1.42. The van der Waals surface area contributed by atoms with Gasteiger partial charge in [-0.05, 0) is 63.6 Å². The van der Waals surface area contributed by atoms with Crippen molar-refractivity contribution in [2.45, 2.75) is 44.6 Å². The first kappa shape index (κ1) is 15.2. The average Bonchev–Trinajstić information content (AvgIpc) is 3.22. The molecule has 0 aromatic heterocycles. The second-order valence-electron chi connectivity index (χ2n) is 6.09. The third-order valence-corrected chi connectivity index (χ3v) is 4.43. The normalized spacial score (nSPS) is 22.6. The van der Waals surface area contributed by atoms with Crippen LogP contribution in [-0.4, -0.2) is 52.6 Å². The van der Waals surface area contributed by atoms with Crippen molar-refractivity contribution in [3.63, 3.8) is 0 Å². The van der Waals surface area contributed by atoms with E-state index in [0.717, 1.165) is 45.8 Å². The van der Waals surface area contributed by atoms with E-state index in [0.29, 0.717) is 11.5 Å². The minimum atomic E-state index is 0.498. The van der Waals surface area contributed by atoms with Gasteiger partial charge in [0.1, 0.15) is 0 Å². The number of hydrogen-bond donors (Lipinski definition) is 2. The molecular weight excluding hydrogens is 240 g/mol. The summed E-state index contributed by atoms with van der Waals surface area (Å²) in [6.45, 7) is 6.28. The van der Waals surface area contributed by atoms with Gasteiger partial charge < -0.3 is 20.1 Å². The van der Waals surface area contributed by atoms with Crippen LogP contribution in [0.5, 0.6) is 0 Å². The fourth-order valence-electron chi connectivity index (χ4n) is 2.77. The van der Waals surface area contributed by atoms with Crippen LogP contribution >= 0.6 is 0 Å². The summed E-state index contributed by atoms with van der Waals surface area (Å²) < 4.78 is 11.1. The van der Waals surface area contributed by atoms with E-state index >= 15 is 0 Å². The summed E-state index contributed by atoms with van der Waals surface area (Å²) in [6.07, 6.45) is 7.93. The lowest BCUT2D eigenvalue weighted by atomic mass is 10.0. The Kier molecular flexibility index (Phi) is 6.57. The van der Waals surface area contributed by atoms with Crippen LogP contribution in [-0.2, 0) is 9.47 Å². The average molecular weight is 270 g/mol. The molecule has 112 valence electrons. The first-order chi connectivity index (χ1) is 9.35. The maximum Gasteiger partial charge on any atom is 0.0599 e. The Morgan fingerprint density at radius 3 is 2.68 bits per heavy atom. The molecule has 0 spiro atoms. The van der Waals surface area contributed by atoms with Crippen LogP contribution in [0.15, 0.2) is 0 Å². The largest absolute Gasteiger partial charge is 0.385 e. The smallest absolute Gasteiger partial charge is 0.0599 e. The molecule has 2 rings (SSSR count). The van der Waals surface area contributed by atoms with Crippen molar-refractivity contribution < 1.29 is 9.47 Å². The van der Waals surface area contributed by atoms with Crippen LogP contribution in [0.2, 0.25) is 0 Å². The van der Waals surface area contributed by atoms with E-state index in [1.807, 2.05) is 0 Å². The van der Waals surface area contributed by atoms with Gasteiger partial charge in [-0.1, -0.05) is 0 Å². The number of hydrogen-bond acceptors (Lipinski definition) is 4. The maximum atomic E-state index is 5.90. The molecule has 1 aliphatic carbocycles. The van der Waals surface area contributed by atoms with E-state index in [1.165, 1.54) is 32.1 Å². The van der Waals surface area contributed by atoms with Crippen LogP contribution in [0.1, 0.15) is 38.5 Å². The van der Waals surface area contributed by atoms with Crippen molar-refractivity contribution in [1.82, 2.24) is 10.6 Å². The lowest BCUT2D eigenvalue weighted by molar-refractivity contribution is 0.0316. The molecule has 1 heterocycles. The molecule has 1 saturated carbocycles. The quantitative estimate of drug-likeness (QED) is 0.591. The summed E-state index contributed by atoms with van der Waals surface area (Å²) in [6, 6.07) is 0. The van der Waals surface area contributed by atoms with Crippen molar-refractivity contribution in [3.05, 3.63) is 0 Å². The van der Waals surface area contributed by atoms with Crippen LogP contribution in [0.25, 0.3) is 0 Å². The van der Waals surface area contributed by atoms with Crippen LogP contribution < -0.4 is 10.6 Å². The van der Waals surface area contributed by atoms with Gasteiger partial charge in [-0.3, -0.25) is 0 Å². The van der Waals surface area contributed by atoms with Crippen molar-refractivity contribution in [2.75, 3.05) is 46.5 Å². The highest BCUT2D eigenvalue weighted by molar-refractivity contribution is 4.94. The summed E-state index contributed by atoms with van der Waals surface area (Å²) in [5, 5.41) is 6.95. The second kappa shape index (κ2) is 8.20. The Hall–Kier alpha value is -0.160. The highest BCUT2D eigenvalue weighted by atomic mass is 16.5. The molecular formula is C15H30N2O2. The minimum absolute atomic E-state index is 0.498. The topological polar surface area (TPSA) is 42.5 Å². The van der Waals surface area contributed by atoms with Crippen molar-refractivity contribution in [3.8, 4) is 0 Å². The molecule has 2 N–H and O–H groups in total. The highest BCUT2D eigenvalue weighted by Crippen LogP contribution is 2.48. The molecule has 0 aromatic rings. The predicted octanol–water partition coefficient (Wildman–Crippen LogP) is 1.55. The highest BCUT2D eigenvalue weighted by Gasteiger charge is 2.41. The summed E-state index contributed by atoms with van der Waals surface area (Å²) in [5.74, 6) is 0. The van der Waals surface area contributed by atoms with E-state index in [-0.39, 0.29) is 0 Å². The molecule has 2 fully saturated rings. The fraction of sp³-hybridized carbons (Fsp3) is 1.00. The number of ether oxygens (including phenoxy) is 2. The van der Waals surface area contributed by atoms with Crippen molar-refractivity contribution in [2.24, 2.45) is 5.41 Å². The molecule has 4 heteroatoms. The van der Waals surface area contributed by atoms with E-state index in [4.69, 9.17) is 9.47 Å². The van der Waals surface area contributed by atoms with Crippen LogP contribution in [0.3, 0.4) is 0 Å². The van der Waals surface area contributed by atoms with Gasteiger partial charge in [-0.15, -0.1) is 0 Å². The first-order valence-electron chi connectivity index (χ1n) is 7.87. The Morgan fingerprint density at radius 1 is 1.21 bits per heavy atom. The van der Waals surface area contributed by atoms with Crippen molar-refractivity contribution in [1.29, 1.82) is 0 Å². The number of piperidine rings is 1. The summed E-state index contributed by atoms with van der Waals surface area (Å²) >= 11 is 0. The standard InChI is InChI=1S/C15H30N2O2/c1-18-12-7-15(5-6-15)13-17-8-2-11-19-14-3-9-16-10-4-14/h14,16-17H,2-13H2,1H3. The van der Waals surface area contributed by atoms with Crippen molar-refractivity contribution >= 4 is 0 Å². The molecule has 19 heavy (non-hydrogen) atoms. The number of nitrogens with one attached hydrogen (secondary N) is 2. The molecule has 0 atom stereocenters. The first-order valence-corrected chi connectivity index (χ1v) is 7.87. The Bertz CT molecular complexity index is 238. The molecule has 2 aliphatic rings. The molecule has 0 aromatic carbocycles. The molecule has 0 unspecified atom stereocenters. The molecule has 0 bridgehead atoms. The fourth-order valence-corrected chi connectivity index (χ4v) is 2.77. The summed E-state index contributed by atoms with van der Waals surface area (Å²) in [4.78, 5) is 0. The second-order valence-corrected chi connectivity index (χ2v) is 6.09. The van der Waals surface area contributed by atoms with E-state index in [1.54, 1.807) is 7.11 Å². The lowest BCUT2D eigenvalue weighted by Gasteiger charge is -2.23. The van der Waals surface area contributed by atoms with E-state index < -0.39 is 0 Å². The van der Waals surface area contributed by atoms with Crippen LogP contribution in [0.4, 0.5) is 0 Å². The number of methoxy groups -OCH3 is 1. The number of rotatable bonds is 10. The zero-order valence-electron chi connectivity index (χ0n) is 12.4. The third-order valence-electron chi connectivity index (χ3n) is 4.43. The molecule has 1 saturated heterocycles. The van der Waals surface area contributed by atoms with E-state index in [9.17, 15) is 0 Å². The molecule has 1 aliphatic heterocycles. The molecule has 4 nitrogen and oxygen atoms in total. The Labute approximate surface area is 117 Å². The van der Waals surface area contributed by atoms with Gasteiger partial charge in [-0.25, -0.2) is 0 Å². The minimum Gasteiger partial charge on any atom is -0.385 e. The zero-order chi connectivity index (χ0) is 13.4.